The molecule has 1 unspecified atom stereocenters. The second kappa shape index (κ2) is 8.71. The highest BCUT2D eigenvalue weighted by atomic mass is 16.5. The van der Waals surface area contributed by atoms with Gasteiger partial charge >= 0.3 is 5.97 Å². The van der Waals surface area contributed by atoms with Crippen molar-refractivity contribution >= 4 is 5.97 Å². The van der Waals surface area contributed by atoms with Gasteiger partial charge in [0, 0.05) is 12.6 Å². The molecule has 1 rings (SSSR count). The van der Waals surface area contributed by atoms with Gasteiger partial charge < -0.3 is 19.9 Å². The number of likely N-dealkylation sites (tertiary alicyclic amines) is 1. The van der Waals surface area contributed by atoms with Crippen LogP contribution in [0.1, 0.15) is 40.0 Å². The van der Waals surface area contributed by atoms with Crippen molar-refractivity contribution in [3.05, 3.63) is 0 Å². The van der Waals surface area contributed by atoms with Crippen molar-refractivity contribution < 1.29 is 9.53 Å². The number of hydrogen-bond acceptors (Lipinski definition) is 5. The Balaban J connectivity index is 2.50. The maximum absolute atomic E-state index is 12.2. The molecule has 0 saturated carbocycles. The van der Waals surface area contributed by atoms with Crippen LogP contribution in [-0.4, -0.2) is 74.2 Å². The molecular weight excluding hydrogens is 266 g/mol. The van der Waals surface area contributed by atoms with E-state index in [-0.39, 0.29) is 5.97 Å². The van der Waals surface area contributed by atoms with Crippen LogP contribution in [-0.2, 0) is 9.53 Å². The third kappa shape index (κ3) is 5.57. The third-order valence-electron chi connectivity index (χ3n) is 4.57. The van der Waals surface area contributed by atoms with Crippen LogP contribution >= 0.6 is 0 Å². The summed E-state index contributed by atoms with van der Waals surface area (Å²) in [5.74, 6) is -0.136. The summed E-state index contributed by atoms with van der Waals surface area (Å²) in [5.41, 5.74) is -0.579. The van der Waals surface area contributed by atoms with Gasteiger partial charge in [0.25, 0.3) is 0 Å². The zero-order valence-electron chi connectivity index (χ0n) is 14.4. The van der Waals surface area contributed by atoms with Crippen LogP contribution < -0.4 is 5.32 Å². The van der Waals surface area contributed by atoms with Crippen LogP contribution in [0.3, 0.4) is 0 Å². The van der Waals surface area contributed by atoms with Gasteiger partial charge in [0.05, 0.1) is 6.61 Å². The maximum Gasteiger partial charge on any atom is 0.326 e. The number of nitrogens with one attached hydrogen (secondary N) is 1. The maximum atomic E-state index is 12.2. The molecule has 124 valence electrons. The number of piperidine rings is 1. The van der Waals surface area contributed by atoms with Crippen molar-refractivity contribution in [1.29, 1.82) is 0 Å². The number of rotatable bonds is 8. The first-order valence-electron chi connectivity index (χ1n) is 8.24. The number of esters is 1. The van der Waals surface area contributed by atoms with Crippen LogP contribution in [0.5, 0.6) is 0 Å². The van der Waals surface area contributed by atoms with Gasteiger partial charge in [-0.15, -0.1) is 0 Å². The zero-order chi connectivity index (χ0) is 15.9. The number of carbonyl (C=O) groups excluding carboxylic acids is 1. The number of carbonyl (C=O) groups is 1. The number of nitrogens with zero attached hydrogens (tertiary/aromatic N) is 2. The van der Waals surface area contributed by atoms with Crippen LogP contribution in [0.15, 0.2) is 0 Å². The minimum absolute atomic E-state index is 0.136. The smallest absolute Gasteiger partial charge is 0.326 e. The van der Waals surface area contributed by atoms with E-state index < -0.39 is 5.54 Å². The minimum Gasteiger partial charge on any atom is -0.465 e. The Hall–Kier alpha value is -0.650. The van der Waals surface area contributed by atoms with Gasteiger partial charge in [-0.3, -0.25) is 4.79 Å². The van der Waals surface area contributed by atoms with E-state index in [2.05, 4.69) is 29.2 Å². The molecule has 0 aliphatic carbocycles. The Bertz CT molecular complexity index is 317. The minimum atomic E-state index is -0.579. The van der Waals surface area contributed by atoms with E-state index in [4.69, 9.17) is 4.74 Å². The molecule has 0 aromatic heterocycles. The molecule has 0 spiro atoms. The van der Waals surface area contributed by atoms with E-state index in [0.29, 0.717) is 12.6 Å². The summed E-state index contributed by atoms with van der Waals surface area (Å²) in [6.45, 7) is 10.3. The van der Waals surface area contributed by atoms with E-state index >= 15 is 0 Å². The summed E-state index contributed by atoms with van der Waals surface area (Å²) in [6, 6.07) is 0.634. The molecule has 1 saturated heterocycles. The Kier molecular flexibility index (Phi) is 7.63. The van der Waals surface area contributed by atoms with Crippen molar-refractivity contribution in [2.24, 2.45) is 0 Å². The average Bonchev–Trinajstić information content (AvgIpc) is 2.46. The highest BCUT2D eigenvalue weighted by Crippen LogP contribution is 2.18. The average molecular weight is 299 g/mol. The molecule has 5 heteroatoms. The molecule has 5 nitrogen and oxygen atoms in total. The summed E-state index contributed by atoms with van der Waals surface area (Å²) in [5, 5.41) is 3.30. The molecule has 21 heavy (non-hydrogen) atoms. The lowest BCUT2D eigenvalue weighted by Crippen LogP contribution is -2.53. The van der Waals surface area contributed by atoms with Crippen molar-refractivity contribution in [2.75, 3.05) is 46.9 Å². The summed E-state index contributed by atoms with van der Waals surface area (Å²) in [7, 11) is 4.35. The molecule has 1 atom stereocenters. The van der Waals surface area contributed by atoms with Crippen molar-refractivity contribution in [3.8, 4) is 0 Å². The zero-order valence-corrected chi connectivity index (χ0v) is 14.4. The second-order valence-electron chi connectivity index (χ2n) is 6.35. The van der Waals surface area contributed by atoms with E-state index in [1.54, 1.807) is 0 Å². The van der Waals surface area contributed by atoms with E-state index in [1.807, 2.05) is 20.8 Å². The fourth-order valence-corrected chi connectivity index (χ4v) is 2.96. The van der Waals surface area contributed by atoms with Gasteiger partial charge in [-0.05, 0) is 66.8 Å². The van der Waals surface area contributed by atoms with E-state index in [0.717, 1.165) is 32.6 Å². The molecule has 1 N–H and O–H groups in total. The summed E-state index contributed by atoms with van der Waals surface area (Å²) in [6.07, 6.45) is 3.21. The molecule has 0 bridgehead atoms. The van der Waals surface area contributed by atoms with Crippen LogP contribution in [0.2, 0.25) is 0 Å². The summed E-state index contributed by atoms with van der Waals surface area (Å²) >= 11 is 0. The summed E-state index contributed by atoms with van der Waals surface area (Å²) < 4.78 is 5.22. The van der Waals surface area contributed by atoms with Crippen LogP contribution in [0.4, 0.5) is 0 Å². The topological polar surface area (TPSA) is 44.8 Å². The molecule has 1 aliphatic rings. The second-order valence-corrected chi connectivity index (χ2v) is 6.35. The van der Waals surface area contributed by atoms with E-state index in [1.165, 1.54) is 12.8 Å². The lowest BCUT2D eigenvalue weighted by Gasteiger charge is -2.37. The van der Waals surface area contributed by atoms with Gasteiger partial charge in [-0.25, -0.2) is 0 Å². The molecule has 0 aromatic carbocycles. The first-order chi connectivity index (χ1) is 9.92. The molecule has 1 heterocycles. The largest absolute Gasteiger partial charge is 0.465 e. The van der Waals surface area contributed by atoms with Gasteiger partial charge in [0.1, 0.15) is 5.54 Å². The van der Waals surface area contributed by atoms with Crippen molar-refractivity contribution in [1.82, 2.24) is 15.1 Å². The SMILES string of the molecule is CCNC(C)(CCN(C)C1CCN(C)CC1)C(=O)OCC. The third-order valence-corrected chi connectivity index (χ3v) is 4.57. The Morgan fingerprint density at radius 2 is 2.00 bits per heavy atom. The van der Waals surface area contributed by atoms with Gasteiger partial charge in [0.2, 0.25) is 0 Å². The Morgan fingerprint density at radius 3 is 2.52 bits per heavy atom. The van der Waals surface area contributed by atoms with Crippen LogP contribution in [0.25, 0.3) is 0 Å². The summed E-state index contributed by atoms with van der Waals surface area (Å²) in [4.78, 5) is 17.0. The molecular formula is C16H33N3O2. The van der Waals surface area contributed by atoms with Gasteiger partial charge in [0.15, 0.2) is 0 Å². The number of hydrogen-bond donors (Lipinski definition) is 1. The molecule has 0 amide bonds. The molecule has 1 aliphatic heterocycles. The monoisotopic (exact) mass is 299 g/mol. The predicted octanol–water partition coefficient (Wildman–Crippen LogP) is 1.33. The molecule has 1 fully saturated rings. The fraction of sp³-hybridized carbons (Fsp3) is 0.938. The lowest BCUT2D eigenvalue weighted by atomic mass is 9.96. The highest BCUT2D eigenvalue weighted by molar-refractivity contribution is 5.80. The number of likely N-dealkylation sites (N-methyl/N-ethyl adjacent to an activating group) is 1. The van der Waals surface area contributed by atoms with Crippen LogP contribution in [0, 0.1) is 0 Å². The van der Waals surface area contributed by atoms with Gasteiger partial charge in [-0.2, -0.15) is 0 Å². The van der Waals surface area contributed by atoms with Gasteiger partial charge in [-0.1, -0.05) is 6.92 Å². The predicted molar refractivity (Wildman–Crippen MR) is 86.5 cm³/mol. The molecule has 0 radical (unpaired) electrons. The van der Waals surface area contributed by atoms with Crippen molar-refractivity contribution in [2.45, 2.75) is 51.6 Å². The standard InChI is InChI=1S/C16H33N3O2/c1-6-17-16(3,15(20)21-7-2)10-13-19(5)14-8-11-18(4)12-9-14/h14,17H,6-13H2,1-5H3. The Labute approximate surface area is 130 Å². The fourth-order valence-electron chi connectivity index (χ4n) is 2.96. The molecule has 0 aromatic rings. The highest BCUT2D eigenvalue weighted by Gasteiger charge is 2.34. The lowest BCUT2D eigenvalue weighted by molar-refractivity contribution is -0.151. The normalized spacial score (nSPS) is 20.5. The van der Waals surface area contributed by atoms with E-state index in [9.17, 15) is 4.79 Å². The number of ether oxygens (including phenoxy) is 1. The first kappa shape index (κ1) is 18.4. The quantitative estimate of drug-likeness (QED) is 0.685. The Morgan fingerprint density at radius 1 is 1.38 bits per heavy atom. The van der Waals surface area contributed by atoms with Crippen molar-refractivity contribution in [3.63, 3.8) is 0 Å². The first-order valence-corrected chi connectivity index (χ1v) is 8.24.